The van der Waals surface area contributed by atoms with Gasteiger partial charge in [0.05, 0.1) is 22.4 Å². The van der Waals surface area contributed by atoms with Crippen molar-refractivity contribution in [3.63, 3.8) is 0 Å². The quantitative estimate of drug-likeness (QED) is 0.848. The standard InChI is InChI=1S/C12H15BrN4O/c1-7-5-11(18)17(9(3)14-7)6-10-12(13)8(2)15-16(10)4/h5H,6H2,1-4H3. The number of hydrogen-bond donors (Lipinski definition) is 0. The van der Waals surface area contributed by atoms with Crippen molar-refractivity contribution < 1.29 is 0 Å². The molecule has 2 heterocycles. The molecule has 0 spiro atoms. The van der Waals surface area contributed by atoms with Gasteiger partial charge < -0.3 is 0 Å². The monoisotopic (exact) mass is 310 g/mol. The molecular weight excluding hydrogens is 296 g/mol. The van der Waals surface area contributed by atoms with E-state index in [0.717, 1.165) is 21.6 Å². The van der Waals surface area contributed by atoms with Gasteiger partial charge in [0.15, 0.2) is 0 Å². The van der Waals surface area contributed by atoms with Crippen LogP contribution in [0.2, 0.25) is 0 Å². The molecular formula is C12H15BrN4O. The minimum atomic E-state index is -0.0363. The molecule has 0 fully saturated rings. The van der Waals surface area contributed by atoms with E-state index in [1.54, 1.807) is 15.3 Å². The Hall–Kier alpha value is -1.43. The SMILES string of the molecule is Cc1cc(=O)n(Cc2c(Br)c(C)nn2C)c(C)n1. The second kappa shape index (κ2) is 4.68. The van der Waals surface area contributed by atoms with E-state index in [2.05, 4.69) is 26.0 Å². The fraction of sp³-hybridized carbons (Fsp3) is 0.417. The second-order valence-electron chi connectivity index (χ2n) is 4.34. The first-order valence-electron chi connectivity index (χ1n) is 5.63. The van der Waals surface area contributed by atoms with Crippen LogP contribution in [-0.2, 0) is 13.6 Å². The number of aromatic nitrogens is 4. The zero-order valence-corrected chi connectivity index (χ0v) is 12.4. The fourth-order valence-electron chi connectivity index (χ4n) is 1.96. The lowest BCUT2D eigenvalue weighted by Crippen LogP contribution is -2.25. The zero-order valence-electron chi connectivity index (χ0n) is 10.9. The van der Waals surface area contributed by atoms with E-state index < -0.39 is 0 Å². The predicted octanol–water partition coefficient (Wildman–Crippen LogP) is 1.71. The molecule has 0 unspecified atom stereocenters. The molecule has 0 saturated heterocycles. The van der Waals surface area contributed by atoms with E-state index in [-0.39, 0.29) is 5.56 Å². The van der Waals surface area contributed by atoms with Gasteiger partial charge in [0.25, 0.3) is 5.56 Å². The van der Waals surface area contributed by atoms with E-state index in [1.165, 1.54) is 0 Å². The Kier molecular flexibility index (Phi) is 3.38. The molecule has 2 aromatic heterocycles. The van der Waals surface area contributed by atoms with E-state index >= 15 is 0 Å². The number of nitrogens with zero attached hydrogens (tertiary/aromatic N) is 4. The van der Waals surface area contributed by atoms with Crippen LogP contribution in [0.3, 0.4) is 0 Å². The first kappa shape index (κ1) is 13.0. The normalized spacial score (nSPS) is 10.9. The Labute approximate surface area is 114 Å². The molecule has 0 amide bonds. The fourth-order valence-corrected chi connectivity index (χ4v) is 2.42. The third-order valence-corrected chi connectivity index (χ3v) is 3.93. The van der Waals surface area contributed by atoms with Crippen LogP contribution < -0.4 is 5.56 Å². The van der Waals surface area contributed by atoms with Crippen LogP contribution in [0.5, 0.6) is 0 Å². The van der Waals surface area contributed by atoms with Gasteiger partial charge in [-0.05, 0) is 36.7 Å². The summed E-state index contributed by atoms with van der Waals surface area (Å²) in [6.45, 7) is 6.06. The van der Waals surface area contributed by atoms with Crippen LogP contribution in [0.15, 0.2) is 15.3 Å². The van der Waals surface area contributed by atoms with Gasteiger partial charge in [0.2, 0.25) is 0 Å². The average Bonchev–Trinajstić information content (AvgIpc) is 2.48. The van der Waals surface area contributed by atoms with Crippen molar-refractivity contribution in [3.05, 3.63) is 43.8 Å². The van der Waals surface area contributed by atoms with Crippen LogP contribution in [0, 0.1) is 20.8 Å². The summed E-state index contributed by atoms with van der Waals surface area (Å²) in [5.41, 5.74) is 2.58. The van der Waals surface area contributed by atoms with Crippen LogP contribution in [0.1, 0.15) is 22.9 Å². The third kappa shape index (κ3) is 2.25. The predicted molar refractivity (Wildman–Crippen MR) is 72.7 cm³/mol. The highest BCUT2D eigenvalue weighted by Gasteiger charge is 2.13. The van der Waals surface area contributed by atoms with Gasteiger partial charge in [-0.3, -0.25) is 14.0 Å². The number of aryl methyl sites for hydroxylation is 4. The molecule has 0 radical (unpaired) electrons. The Morgan fingerprint density at radius 3 is 2.50 bits per heavy atom. The first-order valence-corrected chi connectivity index (χ1v) is 6.42. The third-order valence-electron chi connectivity index (χ3n) is 2.90. The molecule has 6 heteroatoms. The van der Waals surface area contributed by atoms with Crippen LogP contribution in [0.4, 0.5) is 0 Å². The number of hydrogen-bond acceptors (Lipinski definition) is 3. The van der Waals surface area contributed by atoms with Gasteiger partial charge in [-0.15, -0.1) is 0 Å². The summed E-state index contributed by atoms with van der Waals surface area (Å²) >= 11 is 3.50. The Morgan fingerprint density at radius 1 is 1.33 bits per heavy atom. The lowest BCUT2D eigenvalue weighted by atomic mass is 10.3. The van der Waals surface area contributed by atoms with Gasteiger partial charge in [-0.25, -0.2) is 4.98 Å². The summed E-state index contributed by atoms with van der Waals surface area (Å²) in [5, 5.41) is 4.32. The van der Waals surface area contributed by atoms with E-state index in [1.807, 2.05) is 27.8 Å². The van der Waals surface area contributed by atoms with Crippen LogP contribution >= 0.6 is 15.9 Å². The summed E-state index contributed by atoms with van der Waals surface area (Å²) in [6.07, 6.45) is 0. The molecule has 0 aliphatic heterocycles. The largest absolute Gasteiger partial charge is 0.291 e. The summed E-state index contributed by atoms with van der Waals surface area (Å²) in [6, 6.07) is 1.55. The molecule has 0 saturated carbocycles. The van der Waals surface area contributed by atoms with E-state index in [9.17, 15) is 4.79 Å². The van der Waals surface area contributed by atoms with Gasteiger partial charge in [-0.2, -0.15) is 5.10 Å². The molecule has 0 N–H and O–H groups in total. The maximum Gasteiger partial charge on any atom is 0.254 e. The molecule has 0 aliphatic rings. The zero-order chi connectivity index (χ0) is 13.4. The topological polar surface area (TPSA) is 52.7 Å². The lowest BCUT2D eigenvalue weighted by Gasteiger charge is -2.10. The van der Waals surface area contributed by atoms with Crippen molar-refractivity contribution in [2.75, 3.05) is 0 Å². The Morgan fingerprint density at radius 2 is 2.00 bits per heavy atom. The minimum Gasteiger partial charge on any atom is -0.291 e. The molecule has 5 nitrogen and oxygen atoms in total. The Balaban J connectivity index is 2.50. The van der Waals surface area contributed by atoms with Crippen LogP contribution in [-0.4, -0.2) is 19.3 Å². The highest BCUT2D eigenvalue weighted by Crippen LogP contribution is 2.20. The van der Waals surface area contributed by atoms with Crippen molar-refractivity contribution in [2.45, 2.75) is 27.3 Å². The van der Waals surface area contributed by atoms with Gasteiger partial charge in [-0.1, -0.05) is 0 Å². The maximum absolute atomic E-state index is 12.0. The van der Waals surface area contributed by atoms with Crippen molar-refractivity contribution in [3.8, 4) is 0 Å². The smallest absolute Gasteiger partial charge is 0.254 e. The van der Waals surface area contributed by atoms with Gasteiger partial charge >= 0.3 is 0 Å². The molecule has 0 atom stereocenters. The highest BCUT2D eigenvalue weighted by atomic mass is 79.9. The van der Waals surface area contributed by atoms with Gasteiger partial charge in [0.1, 0.15) is 5.82 Å². The molecule has 0 aromatic carbocycles. The molecule has 0 aliphatic carbocycles. The van der Waals surface area contributed by atoms with E-state index in [0.29, 0.717) is 12.4 Å². The second-order valence-corrected chi connectivity index (χ2v) is 5.13. The van der Waals surface area contributed by atoms with Crippen molar-refractivity contribution in [2.24, 2.45) is 7.05 Å². The number of halogens is 1. The maximum atomic E-state index is 12.0. The summed E-state index contributed by atoms with van der Waals surface area (Å²) in [5.74, 6) is 0.714. The van der Waals surface area contributed by atoms with Crippen LogP contribution in [0.25, 0.3) is 0 Å². The van der Waals surface area contributed by atoms with Gasteiger partial charge in [0, 0.05) is 18.8 Å². The minimum absolute atomic E-state index is 0.0363. The molecule has 96 valence electrons. The average molecular weight is 311 g/mol. The molecule has 2 aromatic rings. The first-order chi connectivity index (χ1) is 8.40. The lowest BCUT2D eigenvalue weighted by molar-refractivity contribution is 0.625. The summed E-state index contributed by atoms with van der Waals surface area (Å²) in [7, 11) is 1.87. The molecule has 18 heavy (non-hydrogen) atoms. The molecule has 2 rings (SSSR count). The summed E-state index contributed by atoms with van der Waals surface area (Å²) in [4.78, 5) is 16.3. The molecule has 0 bridgehead atoms. The number of rotatable bonds is 2. The Bertz CT molecular complexity index is 657. The van der Waals surface area contributed by atoms with E-state index in [4.69, 9.17) is 0 Å². The highest BCUT2D eigenvalue weighted by molar-refractivity contribution is 9.10. The van der Waals surface area contributed by atoms with Crippen molar-refractivity contribution >= 4 is 15.9 Å². The summed E-state index contributed by atoms with van der Waals surface area (Å²) < 4.78 is 4.37. The van der Waals surface area contributed by atoms with Crippen molar-refractivity contribution in [1.82, 2.24) is 19.3 Å². The van der Waals surface area contributed by atoms with Crippen molar-refractivity contribution in [1.29, 1.82) is 0 Å².